The third-order valence-corrected chi connectivity index (χ3v) is 5.00. The van der Waals surface area contributed by atoms with Gasteiger partial charge in [-0.25, -0.2) is 4.79 Å². The average molecular weight is 457 g/mol. The van der Waals surface area contributed by atoms with Gasteiger partial charge in [-0.1, -0.05) is 18.2 Å². The number of amides is 1. The van der Waals surface area contributed by atoms with E-state index in [1.54, 1.807) is 13.0 Å². The van der Waals surface area contributed by atoms with Crippen molar-refractivity contribution in [3.63, 3.8) is 0 Å². The molecule has 5 nitrogen and oxygen atoms in total. The van der Waals surface area contributed by atoms with Gasteiger partial charge < -0.3 is 15.0 Å². The molecule has 3 aromatic rings. The predicted octanol–water partition coefficient (Wildman–Crippen LogP) is 6.62. The highest BCUT2D eigenvalue weighted by molar-refractivity contribution is 5.92. The maximum atomic E-state index is 12.8. The van der Waals surface area contributed by atoms with Crippen molar-refractivity contribution in [2.45, 2.75) is 19.6 Å². The number of nitrogens with zero attached hydrogens (tertiary/aromatic N) is 1. The summed E-state index contributed by atoms with van der Waals surface area (Å²) >= 11 is 0. The first-order chi connectivity index (χ1) is 15.7. The first kappa shape index (κ1) is 24.0. The Balaban J connectivity index is 1.84. The molecule has 1 amide bonds. The summed E-state index contributed by atoms with van der Waals surface area (Å²) in [4.78, 5) is 14.0. The Morgan fingerprint density at radius 1 is 0.970 bits per heavy atom. The lowest BCUT2D eigenvalue weighted by molar-refractivity contribution is -0.137. The summed E-state index contributed by atoms with van der Waals surface area (Å²) in [7, 11) is 3.91. The molecule has 0 bridgehead atoms. The van der Waals surface area contributed by atoms with Crippen molar-refractivity contribution in [1.82, 2.24) is 0 Å². The third kappa shape index (κ3) is 6.41. The Morgan fingerprint density at radius 3 is 2.21 bits per heavy atom. The Kier molecular flexibility index (Phi) is 7.48. The van der Waals surface area contributed by atoms with Crippen LogP contribution in [0, 0.1) is 0 Å². The zero-order valence-corrected chi connectivity index (χ0v) is 18.7. The number of carbonyl (C=O) groups is 1. The summed E-state index contributed by atoms with van der Waals surface area (Å²) in [6, 6.07) is 18.4. The van der Waals surface area contributed by atoms with Gasteiger partial charge in [0.15, 0.2) is 0 Å². The number of hydrogen-bond acceptors (Lipinski definition) is 4. The predicted molar refractivity (Wildman–Crippen MR) is 126 cm³/mol. The highest BCUT2D eigenvalue weighted by Gasteiger charge is 2.29. The van der Waals surface area contributed by atoms with E-state index in [1.165, 1.54) is 12.1 Å². The van der Waals surface area contributed by atoms with Crippen LogP contribution in [0.3, 0.4) is 0 Å². The van der Waals surface area contributed by atoms with Crippen molar-refractivity contribution in [3.05, 3.63) is 77.9 Å². The minimum Gasteiger partial charge on any atom is -0.450 e. The van der Waals surface area contributed by atoms with Crippen molar-refractivity contribution in [1.29, 1.82) is 0 Å². The molecular formula is C25H26F3N3O2. The Morgan fingerprint density at radius 2 is 1.64 bits per heavy atom. The van der Waals surface area contributed by atoms with Gasteiger partial charge >= 0.3 is 12.3 Å². The summed E-state index contributed by atoms with van der Waals surface area (Å²) in [6.45, 7) is 2.39. The fraction of sp³-hybridized carbons (Fsp3) is 0.240. The molecule has 0 fully saturated rings. The molecule has 0 aliphatic rings. The first-order valence-corrected chi connectivity index (χ1v) is 10.4. The van der Waals surface area contributed by atoms with Crippen molar-refractivity contribution in [2.24, 2.45) is 0 Å². The number of nitrogens with one attached hydrogen (secondary N) is 2. The SMILES string of the molecule is CCOC(=O)Nc1ccc(CNc2ccc(C(F)(F)F)cc2)cc1-c1ccc(N(C)C)cc1. The summed E-state index contributed by atoms with van der Waals surface area (Å²) in [5, 5.41) is 5.91. The molecule has 0 heterocycles. The van der Waals surface area contributed by atoms with Crippen molar-refractivity contribution >= 4 is 23.2 Å². The van der Waals surface area contributed by atoms with E-state index in [4.69, 9.17) is 4.74 Å². The molecule has 0 spiro atoms. The van der Waals surface area contributed by atoms with E-state index < -0.39 is 17.8 Å². The molecule has 2 N–H and O–H groups in total. The summed E-state index contributed by atoms with van der Waals surface area (Å²) in [5.74, 6) is 0. The van der Waals surface area contributed by atoms with E-state index in [0.29, 0.717) is 17.9 Å². The molecule has 0 saturated carbocycles. The minimum absolute atomic E-state index is 0.258. The molecule has 3 aromatic carbocycles. The molecule has 0 aliphatic heterocycles. The van der Waals surface area contributed by atoms with E-state index >= 15 is 0 Å². The van der Waals surface area contributed by atoms with Gasteiger partial charge in [-0.3, -0.25) is 5.32 Å². The van der Waals surface area contributed by atoms with E-state index in [9.17, 15) is 18.0 Å². The lowest BCUT2D eigenvalue weighted by Crippen LogP contribution is -2.14. The van der Waals surface area contributed by atoms with Crippen LogP contribution < -0.4 is 15.5 Å². The maximum Gasteiger partial charge on any atom is 0.416 e. The van der Waals surface area contributed by atoms with Crippen LogP contribution in [0.25, 0.3) is 11.1 Å². The Labute approximate surface area is 191 Å². The summed E-state index contributed by atoms with van der Waals surface area (Å²) < 4.78 is 43.3. The number of alkyl halides is 3. The second-order valence-electron chi connectivity index (χ2n) is 7.60. The maximum absolute atomic E-state index is 12.8. The van der Waals surface area contributed by atoms with Crippen LogP contribution >= 0.6 is 0 Å². The van der Waals surface area contributed by atoms with Crippen LogP contribution in [0.15, 0.2) is 66.7 Å². The first-order valence-electron chi connectivity index (χ1n) is 10.4. The molecule has 3 rings (SSSR count). The van der Waals surface area contributed by atoms with Crippen LogP contribution in [-0.2, 0) is 17.5 Å². The van der Waals surface area contributed by atoms with Gasteiger partial charge in [0.05, 0.1) is 17.9 Å². The number of benzene rings is 3. The largest absolute Gasteiger partial charge is 0.450 e. The van der Waals surface area contributed by atoms with Crippen molar-refractivity contribution < 1.29 is 22.7 Å². The number of anilines is 3. The highest BCUT2D eigenvalue weighted by atomic mass is 19.4. The normalized spacial score (nSPS) is 11.1. The number of hydrogen-bond donors (Lipinski definition) is 2. The molecular weight excluding hydrogens is 431 g/mol. The van der Waals surface area contributed by atoms with Crippen LogP contribution in [-0.4, -0.2) is 26.8 Å². The van der Waals surface area contributed by atoms with E-state index in [0.717, 1.165) is 34.5 Å². The molecule has 8 heteroatoms. The van der Waals surface area contributed by atoms with Crippen molar-refractivity contribution in [2.75, 3.05) is 36.2 Å². The van der Waals surface area contributed by atoms with Gasteiger partial charge in [0.1, 0.15) is 0 Å². The monoisotopic (exact) mass is 457 g/mol. The lowest BCUT2D eigenvalue weighted by Gasteiger charge is -2.16. The third-order valence-electron chi connectivity index (χ3n) is 5.00. The number of rotatable bonds is 7. The Hall–Kier alpha value is -3.68. The second-order valence-corrected chi connectivity index (χ2v) is 7.60. The number of halogens is 3. The molecule has 174 valence electrons. The Bertz CT molecular complexity index is 1080. The van der Waals surface area contributed by atoms with Gasteiger partial charge in [0.25, 0.3) is 0 Å². The van der Waals surface area contributed by atoms with Gasteiger partial charge in [-0.15, -0.1) is 0 Å². The van der Waals surface area contributed by atoms with Crippen molar-refractivity contribution in [3.8, 4) is 11.1 Å². The lowest BCUT2D eigenvalue weighted by atomic mass is 10.00. The van der Waals surface area contributed by atoms with E-state index in [2.05, 4.69) is 10.6 Å². The van der Waals surface area contributed by atoms with Gasteiger partial charge in [-0.2, -0.15) is 13.2 Å². The van der Waals surface area contributed by atoms with Crippen LogP contribution in [0.5, 0.6) is 0 Å². The number of ether oxygens (including phenoxy) is 1. The zero-order chi connectivity index (χ0) is 24.0. The molecule has 0 saturated heterocycles. The quantitative estimate of drug-likeness (QED) is 0.419. The van der Waals surface area contributed by atoms with Gasteiger partial charge in [0.2, 0.25) is 0 Å². The molecule has 33 heavy (non-hydrogen) atoms. The molecule has 0 aromatic heterocycles. The second kappa shape index (κ2) is 10.3. The van der Waals surface area contributed by atoms with Crippen LogP contribution in [0.4, 0.5) is 35.0 Å². The fourth-order valence-corrected chi connectivity index (χ4v) is 3.25. The highest BCUT2D eigenvalue weighted by Crippen LogP contribution is 2.32. The molecule has 0 aliphatic carbocycles. The van der Waals surface area contributed by atoms with Crippen LogP contribution in [0.2, 0.25) is 0 Å². The van der Waals surface area contributed by atoms with Gasteiger partial charge in [0, 0.05) is 37.6 Å². The molecule has 0 atom stereocenters. The minimum atomic E-state index is -4.36. The van der Waals surface area contributed by atoms with Crippen LogP contribution in [0.1, 0.15) is 18.1 Å². The summed E-state index contributed by atoms with van der Waals surface area (Å²) in [5.41, 5.74) is 4.14. The summed E-state index contributed by atoms with van der Waals surface area (Å²) in [6.07, 6.45) is -4.91. The van der Waals surface area contributed by atoms with E-state index in [1.807, 2.05) is 55.4 Å². The molecule has 0 radical (unpaired) electrons. The zero-order valence-electron chi connectivity index (χ0n) is 18.7. The fourth-order valence-electron chi connectivity index (χ4n) is 3.25. The standard InChI is InChI=1S/C25H26F3N3O2/c1-4-33-24(32)30-23-14-5-17(15-22(23)18-6-12-21(13-7-18)31(2)3)16-29-20-10-8-19(9-11-20)25(26,27)28/h5-15,29H,4,16H2,1-3H3,(H,30,32). The van der Waals surface area contributed by atoms with E-state index in [-0.39, 0.29) is 6.61 Å². The molecule has 0 unspecified atom stereocenters. The number of carbonyl (C=O) groups excluding carboxylic acids is 1. The van der Waals surface area contributed by atoms with Gasteiger partial charge in [-0.05, 0) is 66.6 Å². The average Bonchev–Trinajstić information content (AvgIpc) is 2.78. The topological polar surface area (TPSA) is 53.6 Å². The smallest absolute Gasteiger partial charge is 0.416 e.